The van der Waals surface area contributed by atoms with Crippen LogP contribution in [0.2, 0.25) is 5.02 Å². The Morgan fingerprint density at radius 2 is 2.18 bits per heavy atom. The van der Waals surface area contributed by atoms with Gasteiger partial charge in [0.1, 0.15) is 0 Å². The van der Waals surface area contributed by atoms with E-state index in [4.69, 9.17) is 11.6 Å². The van der Waals surface area contributed by atoms with Crippen LogP contribution in [0.4, 0.5) is 0 Å². The molecule has 1 amide bonds. The molecule has 2 aliphatic carbocycles. The van der Waals surface area contributed by atoms with Gasteiger partial charge in [0, 0.05) is 17.1 Å². The summed E-state index contributed by atoms with van der Waals surface area (Å²) in [6.45, 7) is 0. The molecule has 0 spiro atoms. The van der Waals surface area contributed by atoms with Crippen molar-refractivity contribution in [2.45, 2.75) is 31.7 Å². The van der Waals surface area contributed by atoms with Crippen LogP contribution in [0.3, 0.4) is 0 Å². The standard InChI is InChI=1S/C14H14ClNO/c15-11-3-6-13-9(7-11)1-2-10(13)8-14(17)16-12-4-5-12/h3,6-8,12H,1-2,4-5H2,(H,16,17)/b10-8-. The first kappa shape index (κ1) is 10.8. The van der Waals surface area contributed by atoms with E-state index in [0.29, 0.717) is 6.04 Å². The highest BCUT2D eigenvalue weighted by Crippen LogP contribution is 2.33. The summed E-state index contributed by atoms with van der Waals surface area (Å²) in [5.74, 6) is 0.0466. The Kier molecular flexibility index (Phi) is 2.67. The first-order valence-electron chi connectivity index (χ1n) is 6.02. The predicted octanol–water partition coefficient (Wildman–Crippen LogP) is 2.95. The molecule has 3 heteroatoms. The van der Waals surface area contributed by atoms with E-state index in [2.05, 4.69) is 5.32 Å². The first-order valence-corrected chi connectivity index (χ1v) is 6.40. The molecule has 0 radical (unpaired) electrons. The lowest BCUT2D eigenvalue weighted by atomic mass is 10.1. The zero-order valence-electron chi connectivity index (χ0n) is 9.50. The predicted molar refractivity (Wildman–Crippen MR) is 68.9 cm³/mol. The molecule has 1 N–H and O–H groups in total. The minimum atomic E-state index is 0.0466. The van der Waals surface area contributed by atoms with Crippen molar-refractivity contribution in [2.75, 3.05) is 0 Å². The minimum Gasteiger partial charge on any atom is -0.350 e. The highest BCUT2D eigenvalue weighted by atomic mass is 35.5. The number of hydrogen-bond acceptors (Lipinski definition) is 1. The summed E-state index contributed by atoms with van der Waals surface area (Å²) in [6.07, 6.45) is 5.92. The second kappa shape index (κ2) is 4.19. The van der Waals surface area contributed by atoms with Gasteiger partial charge in [-0.15, -0.1) is 0 Å². The number of aryl methyl sites for hydroxylation is 1. The summed E-state index contributed by atoms with van der Waals surface area (Å²) in [4.78, 5) is 11.7. The van der Waals surface area contributed by atoms with Gasteiger partial charge in [0.15, 0.2) is 0 Å². The second-order valence-electron chi connectivity index (χ2n) is 4.75. The third-order valence-corrected chi connectivity index (χ3v) is 3.54. The van der Waals surface area contributed by atoms with E-state index in [1.165, 1.54) is 11.1 Å². The van der Waals surface area contributed by atoms with Gasteiger partial charge in [0.2, 0.25) is 5.91 Å². The average molecular weight is 248 g/mol. The molecule has 0 heterocycles. The third-order valence-electron chi connectivity index (χ3n) is 3.31. The average Bonchev–Trinajstić information content (AvgIpc) is 3.01. The van der Waals surface area contributed by atoms with E-state index in [1.807, 2.05) is 18.2 Å². The molecular weight excluding hydrogens is 234 g/mol. The van der Waals surface area contributed by atoms with Gasteiger partial charge in [-0.1, -0.05) is 17.7 Å². The van der Waals surface area contributed by atoms with Crippen LogP contribution in [0.1, 0.15) is 30.4 Å². The van der Waals surface area contributed by atoms with Crippen LogP contribution in [0.15, 0.2) is 24.3 Å². The first-order chi connectivity index (χ1) is 8.22. The molecule has 2 aliphatic rings. The van der Waals surface area contributed by atoms with Gasteiger partial charge in [-0.2, -0.15) is 0 Å². The zero-order valence-corrected chi connectivity index (χ0v) is 10.3. The number of allylic oxidation sites excluding steroid dienone is 1. The Balaban J connectivity index is 1.82. The molecule has 0 bridgehead atoms. The number of nitrogens with one attached hydrogen (secondary N) is 1. The van der Waals surface area contributed by atoms with Crippen LogP contribution < -0.4 is 5.32 Å². The van der Waals surface area contributed by atoms with Crippen LogP contribution >= 0.6 is 11.6 Å². The molecule has 2 nitrogen and oxygen atoms in total. The monoisotopic (exact) mass is 247 g/mol. The Morgan fingerprint density at radius 3 is 2.94 bits per heavy atom. The maximum absolute atomic E-state index is 11.7. The van der Waals surface area contributed by atoms with Crippen molar-refractivity contribution in [3.05, 3.63) is 40.4 Å². The maximum atomic E-state index is 11.7. The number of fused-ring (bicyclic) bond motifs is 1. The molecule has 1 fully saturated rings. The molecule has 0 saturated heterocycles. The van der Waals surface area contributed by atoms with Crippen molar-refractivity contribution in [3.8, 4) is 0 Å². The normalized spacial score (nSPS) is 20.4. The Hall–Kier alpha value is -1.28. The maximum Gasteiger partial charge on any atom is 0.244 e. The molecule has 17 heavy (non-hydrogen) atoms. The van der Waals surface area contributed by atoms with Crippen molar-refractivity contribution in [1.82, 2.24) is 5.32 Å². The van der Waals surface area contributed by atoms with Crippen molar-refractivity contribution < 1.29 is 4.79 Å². The van der Waals surface area contributed by atoms with E-state index >= 15 is 0 Å². The fraction of sp³-hybridized carbons (Fsp3) is 0.357. The van der Waals surface area contributed by atoms with Crippen molar-refractivity contribution in [2.24, 2.45) is 0 Å². The highest BCUT2D eigenvalue weighted by Gasteiger charge is 2.23. The molecule has 88 valence electrons. The van der Waals surface area contributed by atoms with E-state index in [0.717, 1.165) is 36.3 Å². The van der Waals surface area contributed by atoms with Gasteiger partial charge in [0.05, 0.1) is 0 Å². The molecular formula is C14H14ClNO. The van der Waals surface area contributed by atoms with Gasteiger partial charge >= 0.3 is 0 Å². The molecule has 1 aromatic carbocycles. The summed E-state index contributed by atoms with van der Waals surface area (Å²) < 4.78 is 0. The highest BCUT2D eigenvalue weighted by molar-refractivity contribution is 6.30. The van der Waals surface area contributed by atoms with Crippen molar-refractivity contribution in [3.63, 3.8) is 0 Å². The molecule has 3 rings (SSSR count). The van der Waals surface area contributed by atoms with Gasteiger partial charge < -0.3 is 5.32 Å². The summed E-state index contributed by atoms with van der Waals surface area (Å²) in [7, 11) is 0. The molecule has 0 unspecified atom stereocenters. The van der Waals surface area contributed by atoms with E-state index in [1.54, 1.807) is 6.08 Å². The molecule has 1 aromatic rings. The fourth-order valence-corrected chi connectivity index (χ4v) is 2.46. The van der Waals surface area contributed by atoms with Crippen LogP contribution in [-0.2, 0) is 11.2 Å². The lowest BCUT2D eigenvalue weighted by Gasteiger charge is -2.02. The largest absolute Gasteiger partial charge is 0.350 e. The summed E-state index contributed by atoms with van der Waals surface area (Å²) in [6, 6.07) is 6.32. The summed E-state index contributed by atoms with van der Waals surface area (Å²) in [5, 5.41) is 3.75. The number of benzene rings is 1. The molecule has 0 aromatic heterocycles. The van der Waals surface area contributed by atoms with Gasteiger partial charge in [0.25, 0.3) is 0 Å². The van der Waals surface area contributed by atoms with Crippen LogP contribution in [0.5, 0.6) is 0 Å². The van der Waals surface area contributed by atoms with E-state index < -0.39 is 0 Å². The number of hydrogen-bond donors (Lipinski definition) is 1. The van der Waals surface area contributed by atoms with Gasteiger partial charge in [-0.3, -0.25) is 4.79 Å². The van der Waals surface area contributed by atoms with Gasteiger partial charge in [-0.25, -0.2) is 0 Å². The SMILES string of the molecule is O=C(/C=C1/CCc2cc(Cl)ccc21)NC1CC1. The van der Waals surface area contributed by atoms with Gasteiger partial charge in [-0.05, 0) is 54.5 Å². The lowest BCUT2D eigenvalue weighted by molar-refractivity contribution is -0.116. The third kappa shape index (κ3) is 2.37. The number of rotatable bonds is 2. The smallest absolute Gasteiger partial charge is 0.244 e. The lowest BCUT2D eigenvalue weighted by Crippen LogP contribution is -2.23. The Bertz CT molecular complexity index is 503. The van der Waals surface area contributed by atoms with Crippen molar-refractivity contribution >= 4 is 23.1 Å². The summed E-state index contributed by atoms with van der Waals surface area (Å²) in [5.41, 5.74) is 3.57. The van der Waals surface area contributed by atoms with Crippen LogP contribution in [0.25, 0.3) is 5.57 Å². The second-order valence-corrected chi connectivity index (χ2v) is 5.19. The fourth-order valence-electron chi connectivity index (χ4n) is 2.27. The van der Waals surface area contributed by atoms with E-state index in [-0.39, 0.29) is 5.91 Å². The van der Waals surface area contributed by atoms with E-state index in [9.17, 15) is 4.79 Å². The van der Waals surface area contributed by atoms with Crippen molar-refractivity contribution in [1.29, 1.82) is 0 Å². The zero-order chi connectivity index (χ0) is 11.8. The summed E-state index contributed by atoms with van der Waals surface area (Å²) >= 11 is 5.96. The molecule has 0 aliphatic heterocycles. The number of carbonyl (C=O) groups excluding carboxylic acids is 1. The number of amides is 1. The molecule has 1 saturated carbocycles. The minimum absolute atomic E-state index is 0.0466. The number of halogens is 1. The quantitative estimate of drug-likeness (QED) is 0.800. The Labute approximate surface area is 106 Å². The van der Waals surface area contributed by atoms with Crippen LogP contribution in [-0.4, -0.2) is 11.9 Å². The van der Waals surface area contributed by atoms with Crippen LogP contribution in [0, 0.1) is 0 Å². The number of carbonyl (C=O) groups is 1. The molecule has 0 atom stereocenters. The topological polar surface area (TPSA) is 29.1 Å². The Morgan fingerprint density at radius 1 is 1.35 bits per heavy atom.